The maximum absolute atomic E-state index is 12.4. The number of halogens is 1. The van der Waals surface area contributed by atoms with E-state index in [1.165, 1.54) is 0 Å². The molecule has 1 saturated carbocycles. The largest absolute Gasteiger partial charge is 0.355 e. The molecule has 1 fully saturated rings. The van der Waals surface area contributed by atoms with Gasteiger partial charge in [-0.05, 0) is 19.8 Å². The third-order valence-electron chi connectivity index (χ3n) is 4.82. The molecule has 1 aliphatic rings. The van der Waals surface area contributed by atoms with Gasteiger partial charge in [0.25, 0.3) is 0 Å². The van der Waals surface area contributed by atoms with Gasteiger partial charge in [-0.25, -0.2) is 4.98 Å². The van der Waals surface area contributed by atoms with Crippen LogP contribution in [0.2, 0.25) is 0 Å². The molecule has 3 N–H and O–H groups in total. The third kappa shape index (κ3) is 5.03. The summed E-state index contributed by atoms with van der Waals surface area (Å²) in [4.78, 5) is 17.1. The van der Waals surface area contributed by atoms with Crippen LogP contribution in [-0.2, 0) is 11.2 Å². The van der Waals surface area contributed by atoms with E-state index in [4.69, 9.17) is 5.73 Å². The third-order valence-corrected chi connectivity index (χ3v) is 5.76. The van der Waals surface area contributed by atoms with Crippen molar-refractivity contribution < 1.29 is 4.79 Å². The minimum absolute atomic E-state index is 0. The molecule has 0 saturated heterocycles. The van der Waals surface area contributed by atoms with Crippen LogP contribution in [0.15, 0.2) is 35.7 Å². The average molecular weight is 380 g/mol. The Bertz CT molecular complexity index is 687. The van der Waals surface area contributed by atoms with Crippen molar-refractivity contribution in [3.8, 4) is 10.6 Å². The molecule has 0 bridgehead atoms. The van der Waals surface area contributed by atoms with E-state index in [-0.39, 0.29) is 29.8 Å². The van der Waals surface area contributed by atoms with Crippen molar-refractivity contribution in [2.24, 2.45) is 11.7 Å². The van der Waals surface area contributed by atoms with Gasteiger partial charge in [0.05, 0.1) is 11.6 Å². The molecule has 3 rings (SSSR count). The highest BCUT2D eigenvalue weighted by Crippen LogP contribution is 2.31. The topological polar surface area (TPSA) is 68.0 Å². The summed E-state index contributed by atoms with van der Waals surface area (Å²) in [6, 6.07) is 10.2. The number of carbonyl (C=O) groups is 1. The molecule has 4 nitrogen and oxygen atoms in total. The molecule has 136 valence electrons. The van der Waals surface area contributed by atoms with E-state index in [1.807, 2.05) is 25.1 Å². The average Bonchev–Trinajstić information content (AvgIpc) is 3.04. The molecular formula is C19H26ClN3OS. The van der Waals surface area contributed by atoms with Crippen molar-refractivity contribution in [1.82, 2.24) is 10.3 Å². The van der Waals surface area contributed by atoms with Gasteiger partial charge in [0.2, 0.25) is 5.91 Å². The van der Waals surface area contributed by atoms with E-state index < -0.39 is 0 Å². The first-order valence-electron chi connectivity index (χ1n) is 8.63. The summed E-state index contributed by atoms with van der Waals surface area (Å²) in [6.07, 6.45) is 4.80. The lowest BCUT2D eigenvalue weighted by Gasteiger charge is -2.37. The molecule has 1 amide bonds. The van der Waals surface area contributed by atoms with E-state index in [2.05, 4.69) is 27.8 Å². The number of nitrogens with two attached hydrogens (primary N) is 1. The van der Waals surface area contributed by atoms with Crippen molar-refractivity contribution in [1.29, 1.82) is 0 Å². The van der Waals surface area contributed by atoms with Gasteiger partial charge in [-0.1, -0.05) is 43.2 Å². The number of thiazole rings is 1. The Morgan fingerprint density at radius 3 is 2.84 bits per heavy atom. The van der Waals surface area contributed by atoms with Crippen molar-refractivity contribution in [2.45, 2.75) is 44.6 Å². The molecular weight excluding hydrogens is 354 g/mol. The highest BCUT2D eigenvalue weighted by Gasteiger charge is 2.37. The number of aromatic nitrogens is 1. The van der Waals surface area contributed by atoms with Crippen LogP contribution in [0.5, 0.6) is 0 Å². The van der Waals surface area contributed by atoms with Crippen molar-refractivity contribution in [2.75, 3.05) is 6.54 Å². The predicted octanol–water partition coefficient (Wildman–Crippen LogP) is 3.80. The number of rotatable bonds is 5. The van der Waals surface area contributed by atoms with Gasteiger partial charge in [0.15, 0.2) is 0 Å². The number of amides is 1. The van der Waals surface area contributed by atoms with Crippen LogP contribution in [0.25, 0.3) is 10.6 Å². The van der Waals surface area contributed by atoms with Crippen LogP contribution in [0, 0.1) is 5.92 Å². The number of carbonyl (C=O) groups excluding carboxylic acids is 1. The summed E-state index contributed by atoms with van der Waals surface area (Å²) in [5.41, 5.74) is 8.09. The first kappa shape index (κ1) is 19.9. The molecule has 0 aliphatic heterocycles. The van der Waals surface area contributed by atoms with Crippen LogP contribution in [0.1, 0.15) is 38.3 Å². The van der Waals surface area contributed by atoms with Crippen LogP contribution in [0.3, 0.4) is 0 Å². The van der Waals surface area contributed by atoms with Crippen LogP contribution >= 0.6 is 23.7 Å². The van der Waals surface area contributed by atoms with Gasteiger partial charge in [0, 0.05) is 29.4 Å². The van der Waals surface area contributed by atoms with E-state index in [1.54, 1.807) is 11.3 Å². The fraction of sp³-hybridized carbons (Fsp3) is 0.474. The van der Waals surface area contributed by atoms with Crippen LogP contribution in [-0.4, -0.2) is 23.0 Å². The Kier molecular flexibility index (Phi) is 6.99. The number of benzene rings is 1. The Hall–Kier alpha value is -1.43. The van der Waals surface area contributed by atoms with Crippen molar-refractivity contribution in [3.63, 3.8) is 0 Å². The van der Waals surface area contributed by atoms with Gasteiger partial charge in [-0.2, -0.15) is 0 Å². The number of nitrogens with zero attached hydrogens (tertiary/aromatic N) is 1. The van der Waals surface area contributed by atoms with E-state index >= 15 is 0 Å². The van der Waals surface area contributed by atoms with Gasteiger partial charge in [0.1, 0.15) is 5.01 Å². The molecule has 1 heterocycles. The van der Waals surface area contributed by atoms with Crippen molar-refractivity contribution in [3.05, 3.63) is 41.4 Å². The number of nitrogens with one attached hydrogen (secondary N) is 1. The lowest BCUT2D eigenvalue weighted by atomic mass is 9.74. The fourth-order valence-electron chi connectivity index (χ4n) is 3.36. The van der Waals surface area contributed by atoms with Crippen LogP contribution < -0.4 is 11.1 Å². The molecule has 6 heteroatoms. The summed E-state index contributed by atoms with van der Waals surface area (Å²) in [5, 5.41) is 6.15. The monoisotopic (exact) mass is 379 g/mol. The maximum Gasteiger partial charge on any atom is 0.224 e. The number of hydrogen-bond acceptors (Lipinski definition) is 4. The standard InChI is InChI=1S/C19H25N3OS.ClH/c1-19(20)11-6-5-9-16(19)17(23)21-12-10-15-13-24-18(22-15)14-7-3-2-4-8-14;/h2-4,7-8,13,16H,5-6,9-12,20H2,1H3,(H,21,23);1H. The molecule has 1 aromatic heterocycles. The predicted molar refractivity (Wildman–Crippen MR) is 106 cm³/mol. The normalized spacial score (nSPS) is 22.9. The van der Waals surface area contributed by atoms with Gasteiger partial charge < -0.3 is 11.1 Å². The highest BCUT2D eigenvalue weighted by molar-refractivity contribution is 7.13. The Morgan fingerprint density at radius 2 is 2.12 bits per heavy atom. The zero-order valence-corrected chi connectivity index (χ0v) is 16.2. The second kappa shape index (κ2) is 8.79. The molecule has 1 aliphatic carbocycles. The van der Waals surface area contributed by atoms with Gasteiger partial charge in [-0.15, -0.1) is 23.7 Å². The first-order valence-corrected chi connectivity index (χ1v) is 9.51. The zero-order valence-electron chi connectivity index (χ0n) is 14.5. The maximum atomic E-state index is 12.4. The first-order chi connectivity index (χ1) is 11.6. The number of hydrogen-bond donors (Lipinski definition) is 2. The Labute approximate surface area is 159 Å². The second-order valence-corrected chi connectivity index (χ2v) is 7.71. The lowest BCUT2D eigenvalue weighted by molar-refractivity contribution is -0.128. The minimum atomic E-state index is -0.372. The molecule has 0 radical (unpaired) electrons. The molecule has 1 aromatic carbocycles. The van der Waals surface area contributed by atoms with Crippen molar-refractivity contribution >= 4 is 29.7 Å². The summed E-state index contributed by atoms with van der Waals surface area (Å²) in [5.74, 6) is 0.0276. The molecule has 0 spiro atoms. The SMILES string of the molecule is CC1(N)CCCCC1C(=O)NCCc1csc(-c2ccccc2)n1.Cl. The smallest absolute Gasteiger partial charge is 0.224 e. The lowest BCUT2D eigenvalue weighted by Crippen LogP contribution is -2.53. The zero-order chi connectivity index (χ0) is 17.0. The summed E-state index contributed by atoms with van der Waals surface area (Å²) >= 11 is 1.65. The molecule has 2 atom stereocenters. The molecule has 2 unspecified atom stereocenters. The van der Waals surface area contributed by atoms with Crippen LogP contribution in [0.4, 0.5) is 0 Å². The van der Waals surface area contributed by atoms with E-state index in [0.717, 1.165) is 48.4 Å². The summed E-state index contributed by atoms with van der Waals surface area (Å²) in [6.45, 7) is 2.62. The molecule has 25 heavy (non-hydrogen) atoms. The Morgan fingerprint density at radius 1 is 1.36 bits per heavy atom. The fourth-order valence-corrected chi connectivity index (χ4v) is 4.22. The molecule has 2 aromatic rings. The van der Waals surface area contributed by atoms with E-state index in [0.29, 0.717) is 6.54 Å². The second-order valence-electron chi connectivity index (χ2n) is 6.86. The Balaban J connectivity index is 0.00000225. The minimum Gasteiger partial charge on any atom is -0.355 e. The van der Waals surface area contributed by atoms with Gasteiger partial charge >= 0.3 is 0 Å². The summed E-state index contributed by atoms with van der Waals surface area (Å²) < 4.78 is 0. The van der Waals surface area contributed by atoms with Gasteiger partial charge in [-0.3, -0.25) is 4.79 Å². The van der Waals surface area contributed by atoms with E-state index in [9.17, 15) is 4.79 Å². The summed E-state index contributed by atoms with van der Waals surface area (Å²) in [7, 11) is 0. The highest BCUT2D eigenvalue weighted by atomic mass is 35.5. The quantitative estimate of drug-likeness (QED) is 0.830.